The van der Waals surface area contributed by atoms with Gasteiger partial charge in [0.05, 0.1) is 21.7 Å². The molecule has 9 heteroatoms. The van der Waals surface area contributed by atoms with Crippen LogP contribution in [0, 0.1) is 23.0 Å². The van der Waals surface area contributed by atoms with E-state index in [4.69, 9.17) is 11.6 Å². The number of nitriles is 1. The summed E-state index contributed by atoms with van der Waals surface area (Å²) in [6.07, 6.45) is 0. The van der Waals surface area contributed by atoms with Crippen LogP contribution in [0.2, 0.25) is 5.02 Å². The molecule has 29 heavy (non-hydrogen) atoms. The maximum Gasteiger partial charge on any atom is 0.265 e. The van der Waals surface area contributed by atoms with Crippen molar-refractivity contribution in [1.82, 2.24) is 5.32 Å². The summed E-state index contributed by atoms with van der Waals surface area (Å²) >= 11 is 7.34. The van der Waals surface area contributed by atoms with Gasteiger partial charge < -0.3 is 10.6 Å². The molecule has 0 bridgehead atoms. The van der Waals surface area contributed by atoms with Crippen LogP contribution in [0.3, 0.4) is 0 Å². The zero-order valence-electron chi connectivity index (χ0n) is 14.6. The summed E-state index contributed by atoms with van der Waals surface area (Å²) < 4.78 is 27.0. The molecule has 3 rings (SSSR count). The van der Waals surface area contributed by atoms with E-state index in [1.54, 1.807) is 23.6 Å². The molecule has 5 nitrogen and oxygen atoms in total. The van der Waals surface area contributed by atoms with Gasteiger partial charge >= 0.3 is 0 Å². The molecular formula is C20H12ClF2N3O2S. The molecule has 146 valence electrons. The minimum atomic E-state index is -1.33. The molecule has 0 aliphatic carbocycles. The SMILES string of the molecule is N#CC(NC(=O)c1ccc(Cl)c(NC(=O)c2cccs2)c1)c1ccc(F)cc1F. The molecule has 0 saturated heterocycles. The van der Waals surface area contributed by atoms with Gasteiger partial charge in [0, 0.05) is 17.2 Å². The zero-order chi connectivity index (χ0) is 21.0. The average molecular weight is 432 g/mol. The van der Waals surface area contributed by atoms with Gasteiger partial charge in [0.25, 0.3) is 11.8 Å². The van der Waals surface area contributed by atoms with Crippen LogP contribution in [-0.4, -0.2) is 11.8 Å². The van der Waals surface area contributed by atoms with E-state index in [2.05, 4.69) is 10.6 Å². The van der Waals surface area contributed by atoms with E-state index >= 15 is 0 Å². The molecule has 2 aromatic carbocycles. The van der Waals surface area contributed by atoms with Crippen LogP contribution in [0.15, 0.2) is 53.9 Å². The maximum atomic E-state index is 13.9. The molecule has 2 amide bonds. The first-order valence-corrected chi connectivity index (χ1v) is 9.44. The van der Waals surface area contributed by atoms with Crippen molar-refractivity contribution in [2.24, 2.45) is 0 Å². The van der Waals surface area contributed by atoms with E-state index in [1.807, 2.05) is 0 Å². The molecule has 2 N–H and O–H groups in total. The minimum absolute atomic E-state index is 0.0960. The van der Waals surface area contributed by atoms with Crippen LogP contribution in [0.5, 0.6) is 0 Å². The van der Waals surface area contributed by atoms with Crippen LogP contribution in [0.1, 0.15) is 31.6 Å². The normalized spacial score (nSPS) is 11.4. The average Bonchev–Trinajstić information content (AvgIpc) is 3.23. The van der Waals surface area contributed by atoms with Gasteiger partial charge in [0.15, 0.2) is 0 Å². The van der Waals surface area contributed by atoms with Crippen molar-refractivity contribution in [1.29, 1.82) is 5.26 Å². The molecule has 1 heterocycles. The highest BCUT2D eigenvalue weighted by atomic mass is 35.5. The second-order valence-electron chi connectivity index (χ2n) is 5.83. The number of carbonyl (C=O) groups excluding carboxylic acids is 2. The minimum Gasteiger partial charge on any atom is -0.332 e. The molecule has 1 unspecified atom stereocenters. The van der Waals surface area contributed by atoms with Crippen molar-refractivity contribution >= 4 is 40.4 Å². The lowest BCUT2D eigenvalue weighted by Gasteiger charge is -2.14. The predicted molar refractivity (Wildman–Crippen MR) is 106 cm³/mol. The Morgan fingerprint density at radius 1 is 1.10 bits per heavy atom. The predicted octanol–water partition coefficient (Wildman–Crippen LogP) is 4.93. The van der Waals surface area contributed by atoms with E-state index < -0.39 is 23.6 Å². The van der Waals surface area contributed by atoms with E-state index in [0.717, 1.165) is 12.1 Å². The Morgan fingerprint density at radius 2 is 1.90 bits per heavy atom. The lowest BCUT2D eigenvalue weighted by molar-refractivity contribution is 0.0943. The van der Waals surface area contributed by atoms with Crippen molar-refractivity contribution in [3.05, 3.63) is 86.6 Å². The third-order valence-corrected chi connectivity index (χ3v) is 5.10. The standard InChI is InChI=1S/C20H12ClF2N3O2S/c21-14-6-3-11(8-16(14)25-20(28)18-2-1-7-29-18)19(27)26-17(10-24)13-5-4-12(22)9-15(13)23/h1-9,17H,(H,25,28)(H,26,27). The molecule has 0 spiro atoms. The maximum absolute atomic E-state index is 13.9. The molecule has 1 aromatic heterocycles. The topological polar surface area (TPSA) is 82.0 Å². The van der Waals surface area contributed by atoms with Gasteiger partial charge in [-0.3, -0.25) is 9.59 Å². The molecule has 0 aliphatic rings. The number of amides is 2. The van der Waals surface area contributed by atoms with Crippen LogP contribution in [0.4, 0.5) is 14.5 Å². The largest absolute Gasteiger partial charge is 0.332 e. The fraction of sp³-hybridized carbons (Fsp3) is 0.0500. The third-order valence-electron chi connectivity index (χ3n) is 3.90. The van der Waals surface area contributed by atoms with Crippen LogP contribution < -0.4 is 10.6 Å². The Hall–Kier alpha value is -3.28. The van der Waals surface area contributed by atoms with Gasteiger partial charge in [-0.2, -0.15) is 5.26 Å². The lowest BCUT2D eigenvalue weighted by Crippen LogP contribution is -2.28. The summed E-state index contributed by atoms with van der Waals surface area (Å²) in [5.41, 5.74) is 0.139. The number of anilines is 1. The number of nitrogens with one attached hydrogen (secondary N) is 2. The fourth-order valence-corrected chi connectivity index (χ4v) is 3.27. The first-order valence-electron chi connectivity index (χ1n) is 8.19. The van der Waals surface area contributed by atoms with Crippen molar-refractivity contribution in [2.45, 2.75) is 6.04 Å². The number of carbonyl (C=O) groups is 2. The monoisotopic (exact) mass is 431 g/mol. The molecule has 0 aliphatic heterocycles. The number of thiophene rings is 1. The van der Waals surface area contributed by atoms with Crippen LogP contribution >= 0.6 is 22.9 Å². The van der Waals surface area contributed by atoms with E-state index in [0.29, 0.717) is 10.9 Å². The number of halogens is 3. The second kappa shape index (κ2) is 8.82. The Balaban J connectivity index is 1.80. The molecule has 1 atom stereocenters. The van der Waals surface area contributed by atoms with E-state index in [1.165, 1.54) is 29.5 Å². The highest BCUT2D eigenvalue weighted by Crippen LogP contribution is 2.25. The number of nitrogens with zero attached hydrogens (tertiary/aromatic N) is 1. The van der Waals surface area contributed by atoms with Gasteiger partial charge in [-0.25, -0.2) is 8.78 Å². The van der Waals surface area contributed by atoms with Crippen molar-refractivity contribution in [2.75, 3.05) is 5.32 Å². The molecule has 0 radical (unpaired) electrons. The fourth-order valence-electron chi connectivity index (χ4n) is 2.48. The highest BCUT2D eigenvalue weighted by molar-refractivity contribution is 7.12. The summed E-state index contributed by atoms with van der Waals surface area (Å²) in [6.45, 7) is 0. The highest BCUT2D eigenvalue weighted by Gasteiger charge is 2.20. The summed E-state index contributed by atoms with van der Waals surface area (Å²) in [5.74, 6) is -2.82. The van der Waals surface area contributed by atoms with Gasteiger partial charge in [0.1, 0.15) is 17.7 Å². The van der Waals surface area contributed by atoms with Gasteiger partial charge in [-0.15, -0.1) is 11.3 Å². The summed E-state index contributed by atoms with van der Waals surface area (Å²) in [5, 5.41) is 16.2. The van der Waals surface area contributed by atoms with Gasteiger partial charge in [-0.1, -0.05) is 23.7 Å². The lowest BCUT2D eigenvalue weighted by atomic mass is 10.1. The summed E-state index contributed by atoms with van der Waals surface area (Å²) in [7, 11) is 0. The molecule has 0 fully saturated rings. The Morgan fingerprint density at radius 3 is 2.55 bits per heavy atom. The van der Waals surface area contributed by atoms with Crippen LogP contribution in [-0.2, 0) is 0 Å². The number of hydrogen-bond donors (Lipinski definition) is 2. The van der Waals surface area contributed by atoms with Gasteiger partial charge in [-0.05, 0) is 35.7 Å². The summed E-state index contributed by atoms with van der Waals surface area (Å²) in [4.78, 5) is 25.2. The first kappa shape index (κ1) is 20.5. The zero-order valence-corrected chi connectivity index (χ0v) is 16.2. The number of rotatable bonds is 5. The molecule has 3 aromatic rings. The van der Waals surface area contributed by atoms with E-state index in [9.17, 15) is 23.6 Å². The Labute approximate surface area is 173 Å². The smallest absolute Gasteiger partial charge is 0.265 e. The summed E-state index contributed by atoms with van der Waals surface area (Å²) in [6, 6.07) is 10.7. The first-order chi connectivity index (χ1) is 13.9. The van der Waals surface area contributed by atoms with Crippen molar-refractivity contribution in [3.63, 3.8) is 0 Å². The van der Waals surface area contributed by atoms with Crippen molar-refractivity contribution in [3.8, 4) is 6.07 Å². The van der Waals surface area contributed by atoms with E-state index in [-0.39, 0.29) is 27.7 Å². The quantitative estimate of drug-likeness (QED) is 0.601. The Kier molecular flexibility index (Phi) is 6.22. The molecule has 0 saturated carbocycles. The number of hydrogen-bond acceptors (Lipinski definition) is 4. The van der Waals surface area contributed by atoms with Crippen LogP contribution in [0.25, 0.3) is 0 Å². The second-order valence-corrected chi connectivity index (χ2v) is 7.18. The van der Waals surface area contributed by atoms with Crippen molar-refractivity contribution < 1.29 is 18.4 Å². The van der Waals surface area contributed by atoms with Gasteiger partial charge in [0.2, 0.25) is 0 Å². The number of benzene rings is 2. The third kappa shape index (κ3) is 4.77. The Bertz CT molecular complexity index is 1110. The molecular weight excluding hydrogens is 420 g/mol.